The summed E-state index contributed by atoms with van der Waals surface area (Å²) in [6, 6.07) is 6.55. The number of nitrogens with one attached hydrogen (secondary N) is 2. The molecular formula is C21H29N7O. The van der Waals surface area contributed by atoms with Crippen LogP contribution in [0.3, 0.4) is 0 Å². The first-order chi connectivity index (χ1) is 14.1. The third-order valence-electron chi connectivity index (χ3n) is 5.36. The van der Waals surface area contributed by atoms with Crippen molar-refractivity contribution in [2.75, 3.05) is 31.1 Å². The number of rotatable bonds is 7. The number of aryl methyl sites for hydroxylation is 2. The molecule has 3 heterocycles. The van der Waals surface area contributed by atoms with Gasteiger partial charge in [0.25, 0.3) is 0 Å². The summed E-state index contributed by atoms with van der Waals surface area (Å²) in [5, 5.41) is 11.8. The normalized spacial score (nSPS) is 15.2. The van der Waals surface area contributed by atoms with Gasteiger partial charge in [-0.05, 0) is 51.8 Å². The molecular weight excluding hydrogens is 366 g/mol. The lowest BCUT2D eigenvalue weighted by Crippen LogP contribution is -2.43. The highest BCUT2D eigenvalue weighted by atomic mass is 16.5. The molecule has 1 aliphatic rings. The quantitative estimate of drug-likeness (QED) is 0.635. The molecule has 1 aromatic carbocycles. The smallest absolute Gasteiger partial charge is 0.226 e. The van der Waals surface area contributed by atoms with Crippen LogP contribution in [0.1, 0.15) is 37.1 Å². The van der Waals surface area contributed by atoms with E-state index in [9.17, 15) is 0 Å². The molecule has 0 bridgehead atoms. The van der Waals surface area contributed by atoms with Crippen molar-refractivity contribution in [1.29, 1.82) is 0 Å². The van der Waals surface area contributed by atoms with Gasteiger partial charge >= 0.3 is 0 Å². The Morgan fingerprint density at radius 3 is 2.72 bits per heavy atom. The highest BCUT2D eigenvalue weighted by molar-refractivity contribution is 5.83. The first-order valence-electron chi connectivity index (χ1n) is 10.4. The zero-order chi connectivity index (χ0) is 20.2. The van der Waals surface area contributed by atoms with E-state index in [1.807, 2.05) is 39.0 Å². The SMILES string of the molecule is CCOc1ccc2nc(N3CCC(NCCc4n[nH]c(C)n4)CC3)nc(C)c2c1. The van der Waals surface area contributed by atoms with E-state index in [-0.39, 0.29) is 0 Å². The maximum Gasteiger partial charge on any atom is 0.226 e. The summed E-state index contributed by atoms with van der Waals surface area (Å²) in [6.45, 7) is 9.43. The van der Waals surface area contributed by atoms with E-state index in [1.165, 1.54) is 0 Å². The first kappa shape index (κ1) is 19.6. The van der Waals surface area contributed by atoms with Crippen LogP contribution in [0.2, 0.25) is 0 Å². The van der Waals surface area contributed by atoms with Gasteiger partial charge in [0, 0.05) is 37.5 Å². The van der Waals surface area contributed by atoms with Crippen LogP contribution in [-0.4, -0.2) is 57.4 Å². The second kappa shape index (κ2) is 8.73. The van der Waals surface area contributed by atoms with Crippen molar-refractivity contribution >= 4 is 16.9 Å². The van der Waals surface area contributed by atoms with Crippen LogP contribution < -0.4 is 15.0 Å². The Kier molecular flexibility index (Phi) is 5.89. The molecule has 1 aliphatic heterocycles. The molecule has 8 nitrogen and oxygen atoms in total. The van der Waals surface area contributed by atoms with E-state index >= 15 is 0 Å². The van der Waals surface area contributed by atoms with Gasteiger partial charge < -0.3 is 15.0 Å². The van der Waals surface area contributed by atoms with E-state index < -0.39 is 0 Å². The van der Waals surface area contributed by atoms with E-state index in [1.54, 1.807) is 0 Å². The summed E-state index contributed by atoms with van der Waals surface area (Å²) in [5.74, 6) is 3.44. The highest BCUT2D eigenvalue weighted by Gasteiger charge is 2.21. The number of aromatic nitrogens is 5. The maximum atomic E-state index is 5.61. The second-order valence-electron chi connectivity index (χ2n) is 7.52. The number of piperidine rings is 1. The van der Waals surface area contributed by atoms with Gasteiger partial charge in [0.05, 0.1) is 17.8 Å². The van der Waals surface area contributed by atoms with Crippen molar-refractivity contribution in [2.45, 2.75) is 46.1 Å². The van der Waals surface area contributed by atoms with Gasteiger partial charge in [0.1, 0.15) is 11.6 Å². The summed E-state index contributed by atoms with van der Waals surface area (Å²) >= 11 is 0. The molecule has 0 aliphatic carbocycles. The number of benzene rings is 1. The van der Waals surface area contributed by atoms with Crippen LogP contribution in [0, 0.1) is 13.8 Å². The molecule has 29 heavy (non-hydrogen) atoms. The third-order valence-corrected chi connectivity index (χ3v) is 5.36. The van der Waals surface area contributed by atoms with Crippen LogP contribution >= 0.6 is 0 Å². The molecule has 0 spiro atoms. The Bertz CT molecular complexity index is 963. The fourth-order valence-corrected chi connectivity index (χ4v) is 3.82. The van der Waals surface area contributed by atoms with E-state index in [2.05, 4.69) is 25.4 Å². The number of H-pyrrole nitrogens is 1. The number of aromatic amines is 1. The zero-order valence-electron chi connectivity index (χ0n) is 17.4. The predicted molar refractivity (Wildman–Crippen MR) is 114 cm³/mol. The molecule has 1 saturated heterocycles. The number of fused-ring (bicyclic) bond motifs is 1. The number of hydrogen-bond acceptors (Lipinski definition) is 7. The maximum absolute atomic E-state index is 5.61. The van der Waals surface area contributed by atoms with Crippen LogP contribution in [0.15, 0.2) is 18.2 Å². The summed E-state index contributed by atoms with van der Waals surface area (Å²) < 4.78 is 5.61. The van der Waals surface area contributed by atoms with Crippen molar-refractivity contribution in [1.82, 2.24) is 30.5 Å². The molecule has 2 aromatic heterocycles. The van der Waals surface area contributed by atoms with Gasteiger partial charge in [-0.25, -0.2) is 15.0 Å². The zero-order valence-corrected chi connectivity index (χ0v) is 17.4. The summed E-state index contributed by atoms with van der Waals surface area (Å²) in [4.78, 5) is 16.2. The third kappa shape index (κ3) is 4.64. The largest absolute Gasteiger partial charge is 0.494 e. The van der Waals surface area contributed by atoms with Crippen LogP contribution in [0.5, 0.6) is 5.75 Å². The van der Waals surface area contributed by atoms with Crippen LogP contribution in [0.25, 0.3) is 10.9 Å². The molecule has 0 unspecified atom stereocenters. The number of nitrogens with zero attached hydrogens (tertiary/aromatic N) is 5. The van der Waals surface area contributed by atoms with Crippen molar-refractivity contribution in [2.24, 2.45) is 0 Å². The minimum absolute atomic E-state index is 0.515. The van der Waals surface area contributed by atoms with Crippen molar-refractivity contribution in [3.8, 4) is 5.75 Å². The Balaban J connectivity index is 1.34. The predicted octanol–water partition coefficient (Wildman–Crippen LogP) is 2.56. The fraction of sp³-hybridized carbons (Fsp3) is 0.524. The molecule has 1 fully saturated rings. The summed E-state index contributed by atoms with van der Waals surface area (Å²) in [5.41, 5.74) is 1.96. The van der Waals surface area contributed by atoms with Gasteiger partial charge in [-0.1, -0.05) is 0 Å². The number of hydrogen-bond donors (Lipinski definition) is 2. The Hall–Kier alpha value is -2.74. The van der Waals surface area contributed by atoms with Crippen molar-refractivity contribution in [3.05, 3.63) is 35.5 Å². The van der Waals surface area contributed by atoms with Crippen LogP contribution in [0.4, 0.5) is 5.95 Å². The Morgan fingerprint density at radius 2 is 2.00 bits per heavy atom. The molecule has 0 atom stereocenters. The average molecular weight is 396 g/mol. The van der Waals surface area contributed by atoms with Gasteiger partial charge in [0.2, 0.25) is 5.95 Å². The van der Waals surface area contributed by atoms with E-state index in [0.29, 0.717) is 12.6 Å². The molecule has 0 amide bonds. The standard InChI is InChI=1S/C21H29N7O/c1-4-29-17-5-6-19-18(13-17)14(2)23-21(25-19)28-11-8-16(9-12-28)22-10-7-20-24-15(3)26-27-20/h5-6,13,16,22H,4,7-12H2,1-3H3,(H,24,26,27). The minimum Gasteiger partial charge on any atom is -0.494 e. The van der Waals surface area contributed by atoms with Gasteiger partial charge in [-0.2, -0.15) is 5.10 Å². The lowest BCUT2D eigenvalue weighted by Gasteiger charge is -2.32. The van der Waals surface area contributed by atoms with E-state index in [4.69, 9.17) is 14.7 Å². The molecule has 2 N–H and O–H groups in total. The van der Waals surface area contributed by atoms with E-state index in [0.717, 1.165) is 78.8 Å². The number of ether oxygens (including phenoxy) is 1. The van der Waals surface area contributed by atoms with Gasteiger partial charge in [-0.15, -0.1) is 0 Å². The molecule has 0 saturated carbocycles. The topological polar surface area (TPSA) is 91.8 Å². The first-order valence-corrected chi connectivity index (χ1v) is 10.4. The summed E-state index contributed by atoms with van der Waals surface area (Å²) in [6.07, 6.45) is 3.01. The second-order valence-corrected chi connectivity index (χ2v) is 7.52. The molecule has 8 heteroatoms. The van der Waals surface area contributed by atoms with Gasteiger partial charge in [-0.3, -0.25) is 5.10 Å². The lowest BCUT2D eigenvalue weighted by atomic mass is 10.1. The van der Waals surface area contributed by atoms with Crippen LogP contribution in [-0.2, 0) is 6.42 Å². The number of anilines is 1. The van der Waals surface area contributed by atoms with Crippen molar-refractivity contribution < 1.29 is 4.74 Å². The molecule has 154 valence electrons. The van der Waals surface area contributed by atoms with Gasteiger partial charge in [0.15, 0.2) is 5.82 Å². The highest BCUT2D eigenvalue weighted by Crippen LogP contribution is 2.25. The van der Waals surface area contributed by atoms with Crippen molar-refractivity contribution in [3.63, 3.8) is 0 Å². The minimum atomic E-state index is 0.515. The molecule has 3 aromatic rings. The average Bonchev–Trinajstić information content (AvgIpc) is 3.14. The lowest BCUT2D eigenvalue weighted by molar-refractivity contribution is 0.340. The molecule has 0 radical (unpaired) electrons. The Morgan fingerprint density at radius 1 is 1.17 bits per heavy atom. The Labute approximate surface area is 171 Å². The monoisotopic (exact) mass is 395 g/mol. The molecule has 4 rings (SSSR count). The summed E-state index contributed by atoms with van der Waals surface area (Å²) in [7, 11) is 0. The fourth-order valence-electron chi connectivity index (χ4n) is 3.82.